The molecule has 2 nitrogen and oxygen atoms in total. The van der Waals surface area contributed by atoms with E-state index in [9.17, 15) is 5.11 Å². The Morgan fingerprint density at radius 1 is 1.25 bits per heavy atom. The third-order valence-corrected chi connectivity index (χ3v) is 9.27. The molecule has 16 heavy (non-hydrogen) atoms. The van der Waals surface area contributed by atoms with Crippen molar-refractivity contribution in [3.05, 3.63) is 12.7 Å². The van der Waals surface area contributed by atoms with E-state index in [0.29, 0.717) is 0 Å². The predicted molar refractivity (Wildman–Crippen MR) is 76.0 cm³/mol. The molecule has 0 aliphatic heterocycles. The number of nitrogens with zero attached hydrogens (tertiary/aromatic N) is 1. The third-order valence-electron chi connectivity index (χ3n) is 3.59. The van der Waals surface area contributed by atoms with Crippen LogP contribution in [0.5, 0.6) is 0 Å². The smallest absolute Gasteiger partial charge is 0.0942 e. The molecule has 0 spiro atoms. The Hall–Kier alpha value is -0.413. The van der Waals surface area contributed by atoms with E-state index in [1.165, 1.54) is 0 Å². The van der Waals surface area contributed by atoms with Crippen LogP contribution in [-0.2, 0) is 0 Å². The van der Waals surface area contributed by atoms with Gasteiger partial charge in [-0.05, 0) is 19.9 Å². The molecule has 0 fully saturated rings. The summed E-state index contributed by atoms with van der Waals surface area (Å²) in [5, 5.41) is 10.5. The molecule has 1 unspecified atom stereocenters. The summed E-state index contributed by atoms with van der Waals surface area (Å²) in [6, 6.07) is 3.53. The van der Waals surface area contributed by atoms with E-state index < -0.39 is 8.07 Å². The lowest BCUT2D eigenvalue weighted by Gasteiger charge is -2.33. The molecule has 0 rings (SSSR count). The van der Waals surface area contributed by atoms with Gasteiger partial charge >= 0.3 is 0 Å². The summed E-state index contributed by atoms with van der Waals surface area (Å²) < 4.78 is 0. The molecule has 94 valence electrons. The average molecular weight is 241 g/mol. The minimum atomic E-state index is -1.62. The van der Waals surface area contributed by atoms with Crippen LogP contribution in [-0.4, -0.2) is 30.7 Å². The molecule has 0 aromatic carbocycles. The van der Waals surface area contributed by atoms with Crippen LogP contribution < -0.4 is 0 Å². The topological polar surface area (TPSA) is 32.6 Å². The van der Waals surface area contributed by atoms with Gasteiger partial charge in [-0.1, -0.05) is 45.5 Å². The number of aliphatic hydroxyl groups is 1. The lowest BCUT2D eigenvalue weighted by atomic mass is 10.3. The Morgan fingerprint density at radius 3 is 1.94 bits per heavy atom. The molecule has 3 heteroatoms. The summed E-state index contributed by atoms with van der Waals surface area (Å²) in [7, 11) is -1.62. The van der Waals surface area contributed by atoms with Gasteiger partial charge in [0.05, 0.1) is 19.5 Å². The standard InChI is InChI=1S/C13H27NOSi/c1-7-12(14-11(5)6)13(15)16(8-2,9-3)10-4/h7,11,13,15H,1,8-10H2,2-6H3. The Balaban J connectivity index is 5.11. The molecule has 0 aliphatic carbocycles. The first-order valence-corrected chi connectivity index (χ1v) is 9.05. The summed E-state index contributed by atoms with van der Waals surface area (Å²) >= 11 is 0. The Labute approximate surface area is 101 Å². The van der Waals surface area contributed by atoms with Crippen molar-refractivity contribution >= 4 is 13.8 Å². The lowest BCUT2D eigenvalue weighted by molar-refractivity contribution is 0.304. The normalized spacial score (nSPS) is 15.3. The predicted octanol–water partition coefficient (Wildman–Crippen LogP) is 3.43. The van der Waals surface area contributed by atoms with Gasteiger partial charge in [-0.3, -0.25) is 4.99 Å². The van der Waals surface area contributed by atoms with Crippen LogP contribution in [0.4, 0.5) is 0 Å². The zero-order valence-electron chi connectivity index (χ0n) is 11.5. The van der Waals surface area contributed by atoms with Crippen LogP contribution in [0.15, 0.2) is 17.6 Å². The minimum Gasteiger partial charge on any atom is -0.390 e. The van der Waals surface area contributed by atoms with Crippen molar-refractivity contribution < 1.29 is 5.11 Å². The zero-order valence-corrected chi connectivity index (χ0v) is 12.5. The van der Waals surface area contributed by atoms with Crippen molar-refractivity contribution in [3.8, 4) is 0 Å². The van der Waals surface area contributed by atoms with E-state index in [-0.39, 0.29) is 11.8 Å². The van der Waals surface area contributed by atoms with Crippen molar-refractivity contribution in [1.82, 2.24) is 0 Å². The van der Waals surface area contributed by atoms with Crippen LogP contribution in [0.25, 0.3) is 0 Å². The highest BCUT2D eigenvalue weighted by molar-refractivity contribution is 6.84. The van der Waals surface area contributed by atoms with Gasteiger partial charge in [-0.15, -0.1) is 0 Å². The maximum atomic E-state index is 10.5. The van der Waals surface area contributed by atoms with Crippen LogP contribution in [0.1, 0.15) is 34.6 Å². The summed E-state index contributed by atoms with van der Waals surface area (Å²) in [6.07, 6.45) is 1.73. The highest BCUT2D eigenvalue weighted by Gasteiger charge is 2.37. The molecule has 1 atom stereocenters. The summed E-state index contributed by atoms with van der Waals surface area (Å²) in [4.78, 5) is 4.49. The van der Waals surface area contributed by atoms with E-state index >= 15 is 0 Å². The highest BCUT2D eigenvalue weighted by atomic mass is 28.3. The van der Waals surface area contributed by atoms with Crippen molar-refractivity contribution in [2.24, 2.45) is 4.99 Å². The van der Waals surface area contributed by atoms with E-state index in [1.807, 2.05) is 13.8 Å². The van der Waals surface area contributed by atoms with Gasteiger partial charge < -0.3 is 5.11 Å². The first kappa shape index (κ1) is 15.6. The van der Waals surface area contributed by atoms with E-state index in [2.05, 4.69) is 32.3 Å². The molecule has 0 aromatic rings. The Morgan fingerprint density at radius 2 is 1.69 bits per heavy atom. The van der Waals surface area contributed by atoms with Crippen LogP contribution >= 0.6 is 0 Å². The van der Waals surface area contributed by atoms with E-state index in [1.54, 1.807) is 6.08 Å². The molecule has 0 saturated carbocycles. The van der Waals surface area contributed by atoms with Crippen molar-refractivity contribution in [1.29, 1.82) is 0 Å². The number of hydrogen-bond donors (Lipinski definition) is 1. The molecular formula is C13H27NOSi. The SMILES string of the molecule is C=CC(=NC(C)C)C(O)[Si](CC)(CC)CC. The Kier molecular flexibility index (Phi) is 6.84. The number of hydrogen-bond acceptors (Lipinski definition) is 2. The lowest BCUT2D eigenvalue weighted by Crippen LogP contribution is -2.50. The van der Waals surface area contributed by atoms with Crippen LogP contribution in [0.2, 0.25) is 18.1 Å². The second-order valence-corrected chi connectivity index (χ2v) is 10.1. The monoisotopic (exact) mass is 241 g/mol. The van der Waals surface area contributed by atoms with E-state index in [0.717, 1.165) is 23.8 Å². The molecule has 0 aromatic heterocycles. The van der Waals surface area contributed by atoms with Crippen molar-refractivity contribution in [2.75, 3.05) is 0 Å². The largest absolute Gasteiger partial charge is 0.390 e. The maximum Gasteiger partial charge on any atom is 0.0942 e. The fourth-order valence-corrected chi connectivity index (χ4v) is 5.66. The molecule has 0 saturated heterocycles. The second kappa shape index (κ2) is 7.02. The van der Waals surface area contributed by atoms with Crippen LogP contribution in [0.3, 0.4) is 0 Å². The number of aliphatic imine (C=N–C) groups is 1. The second-order valence-electron chi connectivity index (χ2n) is 4.68. The maximum absolute atomic E-state index is 10.5. The average Bonchev–Trinajstić information content (AvgIpc) is 2.28. The molecule has 1 N–H and O–H groups in total. The summed E-state index contributed by atoms with van der Waals surface area (Å²) in [6.45, 7) is 14.4. The molecule has 0 bridgehead atoms. The quantitative estimate of drug-likeness (QED) is 0.537. The van der Waals surface area contributed by atoms with Gasteiger partial charge in [0.15, 0.2) is 0 Å². The van der Waals surface area contributed by atoms with Crippen molar-refractivity contribution in [2.45, 2.75) is 64.5 Å². The van der Waals surface area contributed by atoms with Gasteiger partial charge in [0.2, 0.25) is 0 Å². The van der Waals surface area contributed by atoms with Gasteiger partial charge in [0.25, 0.3) is 0 Å². The zero-order chi connectivity index (χ0) is 12.8. The molecule has 0 amide bonds. The van der Waals surface area contributed by atoms with Gasteiger partial charge in [0.1, 0.15) is 0 Å². The first-order chi connectivity index (χ1) is 7.47. The first-order valence-electron chi connectivity index (χ1n) is 6.35. The number of aliphatic hydroxyl groups excluding tert-OH is 1. The van der Waals surface area contributed by atoms with Crippen molar-refractivity contribution in [3.63, 3.8) is 0 Å². The van der Waals surface area contributed by atoms with Gasteiger partial charge in [-0.2, -0.15) is 0 Å². The minimum absolute atomic E-state index is 0.222. The molecule has 0 heterocycles. The highest BCUT2D eigenvalue weighted by Crippen LogP contribution is 2.25. The third kappa shape index (κ3) is 3.56. The summed E-state index contributed by atoms with van der Waals surface area (Å²) in [5.41, 5.74) is 0.444. The van der Waals surface area contributed by atoms with E-state index in [4.69, 9.17) is 0 Å². The molecule has 0 radical (unpaired) electrons. The molecular weight excluding hydrogens is 214 g/mol. The van der Waals surface area contributed by atoms with Gasteiger partial charge in [0, 0.05) is 6.04 Å². The van der Waals surface area contributed by atoms with Gasteiger partial charge in [-0.25, -0.2) is 0 Å². The Bertz CT molecular complexity index is 236. The number of rotatable bonds is 7. The summed E-state index contributed by atoms with van der Waals surface area (Å²) in [5.74, 6) is 0. The molecule has 0 aliphatic rings. The fraction of sp³-hybridized carbons (Fsp3) is 0.769. The fourth-order valence-electron chi connectivity index (χ4n) is 2.18. The van der Waals surface area contributed by atoms with Crippen LogP contribution in [0, 0.1) is 0 Å².